The second-order valence-corrected chi connectivity index (χ2v) is 5.38. The number of hydrogen-bond acceptors (Lipinski definition) is 5. The van der Waals surface area contributed by atoms with Crippen LogP contribution in [0.15, 0.2) is 21.0 Å². The average Bonchev–Trinajstić information content (AvgIpc) is 3.12. The van der Waals surface area contributed by atoms with Gasteiger partial charge in [-0.3, -0.25) is 4.90 Å². The lowest BCUT2D eigenvalue weighted by Gasteiger charge is -2.21. The van der Waals surface area contributed by atoms with E-state index in [2.05, 4.69) is 9.88 Å². The zero-order valence-electron chi connectivity index (χ0n) is 11.9. The van der Waals surface area contributed by atoms with Crippen LogP contribution in [0.3, 0.4) is 0 Å². The summed E-state index contributed by atoms with van der Waals surface area (Å²) >= 11 is 0. The zero-order chi connectivity index (χ0) is 14.1. The summed E-state index contributed by atoms with van der Waals surface area (Å²) in [5, 5.41) is 9.37. The molecule has 1 fully saturated rings. The van der Waals surface area contributed by atoms with Gasteiger partial charge in [0.2, 0.25) is 0 Å². The minimum absolute atomic E-state index is 0.209. The summed E-state index contributed by atoms with van der Waals surface area (Å²) in [6, 6.07) is 4.02. The molecule has 5 heteroatoms. The third-order valence-corrected chi connectivity index (χ3v) is 3.91. The summed E-state index contributed by atoms with van der Waals surface area (Å²) in [7, 11) is 0. The molecule has 1 atom stereocenters. The maximum Gasteiger partial charge on any atom is 0.263 e. The van der Waals surface area contributed by atoms with Gasteiger partial charge in [-0.15, -0.1) is 0 Å². The predicted molar refractivity (Wildman–Crippen MR) is 74.2 cm³/mol. The van der Waals surface area contributed by atoms with Gasteiger partial charge < -0.3 is 13.9 Å². The van der Waals surface area contributed by atoms with E-state index in [4.69, 9.17) is 8.83 Å². The minimum Gasteiger partial charge on any atom is -0.456 e. The Kier molecular flexibility index (Phi) is 3.63. The molecule has 1 aliphatic heterocycles. The summed E-state index contributed by atoms with van der Waals surface area (Å²) in [5.74, 6) is 2.86. The summed E-state index contributed by atoms with van der Waals surface area (Å²) in [6.45, 7) is 5.76. The maximum absolute atomic E-state index is 9.37. The van der Waals surface area contributed by atoms with Crippen molar-refractivity contribution in [2.24, 2.45) is 0 Å². The van der Waals surface area contributed by atoms with Gasteiger partial charge in [-0.05, 0) is 45.4 Å². The van der Waals surface area contributed by atoms with E-state index in [9.17, 15) is 5.11 Å². The van der Waals surface area contributed by atoms with Crippen molar-refractivity contribution < 1.29 is 13.9 Å². The quantitative estimate of drug-likeness (QED) is 0.929. The minimum atomic E-state index is 0.209. The van der Waals surface area contributed by atoms with Crippen molar-refractivity contribution in [3.05, 3.63) is 29.3 Å². The van der Waals surface area contributed by atoms with E-state index in [0.29, 0.717) is 11.7 Å². The molecule has 5 nitrogen and oxygen atoms in total. The third-order valence-electron chi connectivity index (χ3n) is 3.91. The highest BCUT2D eigenvalue weighted by Crippen LogP contribution is 2.26. The van der Waals surface area contributed by atoms with Crippen molar-refractivity contribution in [2.75, 3.05) is 13.2 Å². The lowest BCUT2D eigenvalue weighted by molar-refractivity contribution is 0.152. The Morgan fingerprint density at radius 3 is 2.90 bits per heavy atom. The van der Waals surface area contributed by atoms with Crippen LogP contribution in [0.5, 0.6) is 0 Å². The molecule has 2 aromatic heterocycles. The SMILES string of the molecule is Cc1ccc(-c2nc(CN3CCC[C@H]3CO)c(C)o2)o1. The van der Waals surface area contributed by atoms with Gasteiger partial charge in [0.1, 0.15) is 11.5 Å². The lowest BCUT2D eigenvalue weighted by atomic mass is 10.2. The first-order chi connectivity index (χ1) is 9.67. The molecule has 1 aliphatic rings. The fraction of sp³-hybridized carbons (Fsp3) is 0.533. The smallest absolute Gasteiger partial charge is 0.263 e. The number of aromatic nitrogens is 1. The average molecular weight is 276 g/mol. The molecule has 3 rings (SSSR count). The van der Waals surface area contributed by atoms with E-state index in [1.807, 2.05) is 26.0 Å². The number of rotatable bonds is 4. The molecular weight excluding hydrogens is 256 g/mol. The second-order valence-electron chi connectivity index (χ2n) is 5.38. The Morgan fingerprint density at radius 1 is 1.35 bits per heavy atom. The van der Waals surface area contributed by atoms with Gasteiger partial charge in [0.05, 0.1) is 12.3 Å². The van der Waals surface area contributed by atoms with Gasteiger partial charge in [-0.1, -0.05) is 0 Å². The van der Waals surface area contributed by atoms with Gasteiger partial charge in [-0.25, -0.2) is 4.98 Å². The van der Waals surface area contributed by atoms with Crippen LogP contribution in [0.4, 0.5) is 0 Å². The van der Waals surface area contributed by atoms with Crippen molar-refractivity contribution in [1.29, 1.82) is 0 Å². The normalized spacial score (nSPS) is 19.9. The standard InChI is InChI=1S/C15H20N2O3/c1-10-5-6-14(19-10)15-16-13(11(2)20-15)8-17-7-3-4-12(17)9-18/h5-6,12,18H,3-4,7-9H2,1-2H3/t12-/m0/s1. The van der Waals surface area contributed by atoms with Gasteiger partial charge in [0, 0.05) is 12.6 Å². The van der Waals surface area contributed by atoms with Crippen LogP contribution in [0.2, 0.25) is 0 Å². The van der Waals surface area contributed by atoms with Crippen LogP contribution >= 0.6 is 0 Å². The molecule has 3 heterocycles. The molecule has 0 unspecified atom stereocenters. The number of aliphatic hydroxyl groups excluding tert-OH is 1. The number of aryl methyl sites for hydroxylation is 2. The van der Waals surface area contributed by atoms with E-state index < -0.39 is 0 Å². The highest BCUT2D eigenvalue weighted by atomic mass is 16.4. The van der Waals surface area contributed by atoms with E-state index in [-0.39, 0.29) is 12.6 Å². The van der Waals surface area contributed by atoms with Gasteiger partial charge in [0.25, 0.3) is 5.89 Å². The second kappa shape index (κ2) is 5.42. The fourth-order valence-electron chi connectivity index (χ4n) is 2.73. The highest BCUT2D eigenvalue weighted by molar-refractivity contribution is 5.45. The molecular formula is C15H20N2O3. The molecule has 1 N–H and O–H groups in total. The first kappa shape index (κ1) is 13.4. The van der Waals surface area contributed by atoms with Crippen LogP contribution in [0.1, 0.15) is 30.1 Å². The van der Waals surface area contributed by atoms with E-state index in [0.717, 1.165) is 43.1 Å². The molecule has 0 radical (unpaired) electrons. The highest BCUT2D eigenvalue weighted by Gasteiger charge is 2.26. The number of furan rings is 1. The van der Waals surface area contributed by atoms with E-state index in [1.54, 1.807) is 0 Å². The summed E-state index contributed by atoms with van der Waals surface area (Å²) in [6.07, 6.45) is 2.18. The van der Waals surface area contributed by atoms with E-state index in [1.165, 1.54) is 0 Å². The zero-order valence-corrected chi connectivity index (χ0v) is 11.9. The largest absolute Gasteiger partial charge is 0.456 e. The molecule has 2 aromatic rings. The molecule has 0 bridgehead atoms. The Balaban J connectivity index is 1.79. The first-order valence-electron chi connectivity index (χ1n) is 7.05. The molecule has 0 saturated carbocycles. The molecule has 0 aliphatic carbocycles. The monoisotopic (exact) mass is 276 g/mol. The summed E-state index contributed by atoms with van der Waals surface area (Å²) in [5.41, 5.74) is 0.925. The van der Waals surface area contributed by atoms with E-state index >= 15 is 0 Å². The van der Waals surface area contributed by atoms with Crippen LogP contribution in [-0.2, 0) is 6.54 Å². The number of aliphatic hydroxyl groups is 1. The Hall–Kier alpha value is -1.59. The number of likely N-dealkylation sites (tertiary alicyclic amines) is 1. The van der Waals surface area contributed by atoms with Crippen molar-refractivity contribution in [2.45, 2.75) is 39.3 Å². The Morgan fingerprint density at radius 2 is 2.20 bits per heavy atom. The third kappa shape index (κ3) is 2.51. The van der Waals surface area contributed by atoms with Crippen LogP contribution in [-0.4, -0.2) is 34.2 Å². The van der Waals surface area contributed by atoms with Crippen LogP contribution in [0.25, 0.3) is 11.7 Å². The fourth-order valence-corrected chi connectivity index (χ4v) is 2.73. The summed E-state index contributed by atoms with van der Waals surface area (Å²) < 4.78 is 11.2. The van der Waals surface area contributed by atoms with Crippen molar-refractivity contribution in [3.8, 4) is 11.7 Å². The molecule has 0 amide bonds. The summed E-state index contributed by atoms with van der Waals surface area (Å²) in [4.78, 5) is 6.81. The molecule has 1 saturated heterocycles. The maximum atomic E-state index is 9.37. The number of nitrogens with zero attached hydrogens (tertiary/aromatic N) is 2. The molecule has 20 heavy (non-hydrogen) atoms. The first-order valence-corrected chi connectivity index (χ1v) is 7.05. The van der Waals surface area contributed by atoms with Crippen LogP contribution < -0.4 is 0 Å². The topological polar surface area (TPSA) is 62.6 Å². The molecule has 108 valence electrons. The van der Waals surface area contributed by atoms with Gasteiger partial charge in [0.15, 0.2) is 5.76 Å². The number of oxazole rings is 1. The Bertz CT molecular complexity index is 588. The predicted octanol–water partition coefficient (Wildman–Crippen LogP) is 2.51. The lowest BCUT2D eigenvalue weighted by Crippen LogP contribution is -2.31. The Labute approximate surface area is 118 Å². The molecule has 0 spiro atoms. The van der Waals surface area contributed by atoms with Crippen molar-refractivity contribution in [3.63, 3.8) is 0 Å². The van der Waals surface area contributed by atoms with Crippen molar-refractivity contribution >= 4 is 0 Å². The van der Waals surface area contributed by atoms with Gasteiger partial charge in [-0.2, -0.15) is 0 Å². The molecule has 0 aromatic carbocycles. The number of hydrogen-bond donors (Lipinski definition) is 1. The van der Waals surface area contributed by atoms with Crippen molar-refractivity contribution in [1.82, 2.24) is 9.88 Å². The van der Waals surface area contributed by atoms with Gasteiger partial charge >= 0.3 is 0 Å². The van der Waals surface area contributed by atoms with Crippen LogP contribution in [0, 0.1) is 13.8 Å².